The summed E-state index contributed by atoms with van der Waals surface area (Å²) in [6, 6.07) is 3.20. The fourth-order valence-electron chi connectivity index (χ4n) is 0.926. The maximum absolute atomic E-state index is 11.7. The van der Waals surface area contributed by atoms with Crippen LogP contribution < -0.4 is 0 Å². The molecule has 0 aliphatic heterocycles. The molecule has 1 N–H and O–H groups in total. The molecule has 78 valence electrons. The van der Waals surface area contributed by atoms with Crippen molar-refractivity contribution in [3.8, 4) is 0 Å². The Hall–Kier alpha value is -0.580. The van der Waals surface area contributed by atoms with E-state index in [-0.39, 0.29) is 18.6 Å². The highest BCUT2D eigenvalue weighted by Crippen LogP contribution is 2.22. The van der Waals surface area contributed by atoms with Crippen LogP contribution in [0.5, 0.6) is 0 Å². The van der Waals surface area contributed by atoms with E-state index < -0.39 is 0 Å². The molecule has 1 aromatic rings. The van der Waals surface area contributed by atoms with Crippen molar-refractivity contribution < 1.29 is 9.90 Å². The van der Waals surface area contributed by atoms with Crippen LogP contribution in [0.25, 0.3) is 0 Å². The van der Waals surface area contributed by atoms with Gasteiger partial charge in [-0.1, -0.05) is 11.6 Å². The number of hydrogen-bond donors (Lipinski definition) is 1. The van der Waals surface area contributed by atoms with Gasteiger partial charge in [0.05, 0.1) is 21.9 Å². The second-order valence-corrected chi connectivity index (χ2v) is 4.77. The second kappa shape index (κ2) is 4.77. The van der Waals surface area contributed by atoms with E-state index in [1.165, 1.54) is 16.2 Å². The number of carbonyl (C=O) groups is 1. The lowest BCUT2D eigenvalue weighted by Gasteiger charge is -2.22. The maximum Gasteiger partial charge on any atom is 0.264 e. The zero-order chi connectivity index (χ0) is 10.7. The van der Waals surface area contributed by atoms with Gasteiger partial charge in [0.1, 0.15) is 0 Å². The van der Waals surface area contributed by atoms with Crippen LogP contribution in [0.15, 0.2) is 12.1 Å². The fourth-order valence-corrected chi connectivity index (χ4v) is 1.95. The molecule has 0 aliphatic rings. The highest BCUT2D eigenvalue weighted by Gasteiger charge is 2.17. The topological polar surface area (TPSA) is 40.5 Å². The van der Waals surface area contributed by atoms with Crippen molar-refractivity contribution in [2.75, 3.05) is 13.7 Å². The lowest BCUT2D eigenvalue weighted by atomic mass is 10.3. The first-order valence-corrected chi connectivity index (χ1v) is 5.39. The molecule has 0 fully saturated rings. The van der Waals surface area contributed by atoms with Gasteiger partial charge in [-0.3, -0.25) is 4.79 Å². The molecule has 1 atom stereocenters. The monoisotopic (exact) mass is 233 g/mol. The average molecular weight is 234 g/mol. The second-order valence-electron chi connectivity index (χ2n) is 3.05. The minimum atomic E-state index is -0.177. The predicted molar refractivity (Wildman–Crippen MR) is 58.0 cm³/mol. The first-order chi connectivity index (χ1) is 6.56. The van der Waals surface area contributed by atoms with Crippen molar-refractivity contribution in [3.05, 3.63) is 21.3 Å². The third kappa shape index (κ3) is 2.47. The van der Waals surface area contributed by atoms with Crippen LogP contribution in [0, 0.1) is 0 Å². The number of hydrogen-bond acceptors (Lipinski definition) is 3. The van der Waals surface area contributed by atoms with E-state index in [2.05, 4.69) is 0 Å². The van der Waals surface area contributed by atoms with Crippen LogP contribution in [-0.2, 0) is 0 Å². The molecule has 1 rings (SSSR count). The largest absolute Gasteiger partial charge is 0.394 e. The summed E-state index contributed by atoms with van der Waals surface area (Å²) in [5, 5.41) is 8.89. The molecular formula is C9H12ClNO2S. The minimum Gasteiger partial charge on any atom is -0.394 e. The van der Waals surface area contributed by atoms with Gasteiger partial charge in [0.25, 0.3) is 5.91 Å². The van der Waals surface area contributed by atoms with Crippen molar-refractivity contribution in [1.82, 2.24) is 4.90 Å². The Bertz CT molecular complexity index is 326. The van der Waals surface area contributed by atoms with Crippen LogP contribution in [-0.4, -0.2) is 35.6 Å². The number of halogens is 1. The Morgan fingerprint density at radius 3 is 2.79 bits per heavy atom. The van der Waals surface area contributed by atoms with E-state index in [4.69, 9.17) is 16.7 Å². The van der Waals surface area contributed by atoms with Crippen LogP contribution in [0.4, 0.5) is 0 Å². The zero-order valence-corrected chi connectivity index (χ0v) is 9.60. The van der Waals surface area contributed by atoms with E-state index in [0.717, 1.165) is 0 Å². The molecule has 0 saturated carbocycles. The molecule has 0 radical (unpaired) electrons. The van der Waals surface area contributed by atoms with Crippen LogP contribution >= 0.6 is 22.9 Å². The summed E-state index contributed by atoms with van der Waals surface area (Å²) in [4.78, 5) is 13.8. The summed E-state index contributed by atoms with van der Waals surface area (Å²) in [6.07, 6.45) is 0. The van der Waals surface area contributed by atoms with Crippen LogP contribution in [0.3, 0.4) is 0 Å². The molecule has 14 heavy (non-hydrogen) atoms. The standard InChI is InChI=1S/C9H12ClNO2S/c1-6(5-12)11(2)9(13)7-3-4-8(10)14-7/h3-4,6,12H,5H2,1-2H3. The number of amides is 1. The average Bonchev–Trinajstić information content (AvgIpc) is 2.61. The third-order valence-electron chi connectivity index (χ3n) is 2.03. The molecule has 5 heteroatoms. The number of rotatable bonds is 3. The summed E-state index contributed by atoms with van der Waals surface area (Å²) in [6.45, 7) is 1.74. The number of nitrogens with zero attached hydrogens (tertiary/aromatic N) is 1. The van der Waals surface area contributed by atoms with E-state index in [1.54, 1.807) is 26.1 Å². The molecule has 0 saturated heterocycles. The number of likely N-dealkylation sites (N-methyl/N-ethyl adjacent to an activating group) is 1. The van der Waals surface area contributed by atoms with Crippen LogP contribution in [0.2, 0.25) is 4.34 Å². The summed E-state index contributed by atoms with van der Waals surface area (Å²) in [5.74, 6) is -0.108. The summed E-state index contributed by atoms with van der Waals surface area (Å²) < 4.78 is 0.596. The lowest BCUT2D eigenvalue weighted by molar-refractivity contribution is 0.0687. The molecule has 0 aromatic carbocycles. The fraction of sp³-hybridized carbons (Fsp3) is 0.444. The van der Waals surface area contributed by atoms with E-state index in [0.29, 0.717) is 9.21 Å². The molecule has 0 aliphatic carbocycles. The Labute approximate surface area is 91.9 Å². The smallest absolute Gasteiger partial charge is 0.264 e. The predicted octanol–water partition coefficient (Wildman–Crippen LogP) is 1.85. The summed E-state index contributed by atoms with van der Waals surface area (Å²) in [5.41, 5.74) is 0. The lowest BCUT2D eigenvalue weighted by Crippen LogP contribution is -2.36. The highest BCUT2D eigenvalue weighted by molar-refractivity contribution is 7.17. The van der Waals surface area contributed by atoms with Crippen molar-refractivity contribution in [3.63, 3.8) is 0 Å². The normalized spacial score (nSPS) is 12.6. The van der Waals surface area contributed by atoms with Crippen molar-refractivity contribution in [2.45, 2.75) is 13.0 Å². The van der Waals surface area contributed by atoms with Gasteiger partial charge in [0, 0.05) is 7.05 Å². The number of aliphatic hydroxyl groups excluding tert-OH is 1. The number of carbonyl (C=O) groups excluding carboxylic acids is 1. The maximum atomic E-state index is 11.7. The zero-order valence-electron chi connectivity index (χ0n) is 8.03. The highest BCUT2D eigenvalue weighted by atomic mass is 35.5. The SMILES string of the molecule is CC(CO)N(C)C(=O)c1ccc(Cl)s1. The van der Waals surface area contributed by atoms with Gasteiger partial charge in [0.2, 0.25) is 0 Å². The van der Waals surface area contributed by atoms with Gasteiger partial charge in [-0.2, -0.15) is 0 Å². The Balaban J connectivity index is 2.75. The minimum absolute atomic E-state index is 0.0403. The third-order valence-corrected chi connectivity index (χ3v) is 3.25. The van der Waals surface area contributed by atoms with Gasteiger partial charge >= 0.3 is 0 Å². The van der Waals surface area contributed by atoms with Crippen molar-refractivity contribution in [1.29, 1.82) is 0 Å². The van der Waals surface area contributed by atoms with E-state index in [9.17, 15) is 4.79 Å². The number of thiophene rings is 1. The summed E-state index contributed by atoms with van der Waals surface area (Å²) >= 11 is 6.97. The molecule has 1 unspecified atom stereocenters. The number of aliphatic hydroxyl groups is 1. The molecule has 0 spiro atoms. The quantitative estimate of drug-likeness (QED) is 0.866. The summed E-state index contributed by atoms with van der Waals surface area (Å²) in [7, 11) is 1.66. The first-order valence-electron chi connectivity index (χ1n) is 4.19. The van der Waals surface area contributed by atoms with Gasteiger partial charge in [-0.05, 0) is 19.1 Å². The van der Waals surface area contributed by atoms with E-state index in [1.807, 2.05) is 0 Å². The van der Waals surface area contributed by atoms with Crippen molar-refractivity contribution >= 4 is 28.8 Å². The van der Waals surface area contributed by atoms with E-state index >= 15 is 0 Å². The molecule has 1 aromatic heterocycles. The molecule has 1 heterocycles. The van der Waals surface area contributed by atoms with Crippen LogP contribution in [0.1, 0.15) is 16.6 Å². The Morgan fingerprint density at radius 1 is 1.71 bits per heavy atom. The molecular weight excluding hydrogens is 222 g/mol. The molecule has 1 amide bonds. The Morgan fingerprint density at radius 2 is 2.36 bits per heavy atom. The Kier molecular flexibility index (Phi) is 3.92. The van der Waals surface area contributed by atoms with Gasteiger partial charge in [0.15, 0.2) is 0 Å². The molecule has 3 nitrogen and oxygen atoms in total. The first kappa shape index (κ1) is 11.5. The molecule has 0 bridgehead atoms. The van der Waals surface area contributed by atoms with Gasteiger partial charge in [-0.25, -0.2) is 0 Å². The van der Waals surface area contributed by atoms with Gasteiger partial charge < -0.3 is 10.0 Å². The van der Waals surface area contributed by atoms with Crippen molar-refractivity contribution in [2.24, 2.45) is 0 Å². The van der Waals surface area contributed by atoms with Gasteiger partial charge in [-0.15, -0.1) is 11.3 Å².